The van der Waals surface area contributed by atoms with E-state index in [1.165, 1.54) is 38.5 Å². The van der Waals surface area contributed by atoms with Gasteiger partial charge in [-0.25, -0.2) is 4.79 Å². The lowest BCUT2D eigenvalue weighted by atomic mass is 9.50. The van der Waals surface area contributed by atoms with E-state index >= 15 is 0 Å². The number of carbonyl (C=O) groups excluding carboxylic acids is 2. The maximum absolute atomic E-state index is 13.1. The van der Waals surface area contributed by atoms with Crippen molar-refractivity contribution in [2.45, 2.75) is 76.9 Å². The van der Waals surface area contributed by atoms with Crippen molar-refractivity contribution in [3.63, 3.8) is 0 Å². The van der Waals surface area contributed by atoms with E-state index in [1.807, 2.05) is 22.6 Å². The van der Waals surface area contributed by atoms with Gasteiger partial charge in [-0.05, 0) is 87.7 Å². The van der Waals surface area contributed by atoms with Crippen LogP contribution in [0.2, 0.25) is 0 Å². The van der Waals surface area contributed by atoms with Crippen LogP contribution in [0, 0.1) is 23.2 Å². The van der Waals surface area contributed by atoms with Gasteiger partial charge in [-0.3, -0.25) is 9.20 Å². The SMILES string of the molecule is CC(C)(N)C(=O)C[C@H](COCC12CC3CC(CC(C3)C1)C2)c1nnc2cccc(COC(=O)N3CCOCC3)n12. The van der Waals surface area contributed by atoms with Crippen molar-refractivity contribution in [3.8, 4) is 0 Å². The van der Waals surface area contributed by atoms with Gasteiger partial charge in [0.1, 0.15) is 12.4 Å². The van der Waals surface area contributed by atoms with Crippen molar-refractivity contribution >= 4 is 17.5 Å². The summed E-state index contributed by atoms with van der Waals surface area (Å²) in [4.78, 5) is 27.4. The van der Waals surface area contributed by atoms with Crippen molar-refractivity contribution < 1.29 is 23.8 Å². The molecule has 40 heavy (non-hydrogen) atoms. The third kappa shape index (κ3) is 5.76. The van der Waals surface area contributed by atoms with E-state index in [9.17, 15) is 9.59 Å². The molecule has 1 atom stereocenters. The molecule has 1 aliphatic heterocycles. The van der Waals surface area contributed by atoms with Crippen LogP contribution in [0.15, 0.2) is 18.2 Å². The lowest BCUT2D eigenvalue weighted by molar-refractivity contribution is -0.124. The van der Waals surface area contributed by atoms with Crippen LogP contribution in [0.4, 0.5) is 4.79 Å². The summed E-state index contributed by atoms with van der Waals surface area (Å²) in [5, 5.41) is 8.92. The molecule has 0 aromatic carbocycles. The molecule has 1 amide bonds. The number of hydrogen-bond acceptors (Lipinski definition) is 8. The molecule has 0 spiro atoms. The Labute approximate surface area is 235 Å². The van der Waals surface area contributed by atoms with E-state index in [-0.39, 0.29) is 36.2 Å². The highest BCUT2D eigenvalue weighted by Gasteiger charge is 2.51. The van der Waals surface area contributed by atoms with Gasteiger partial charge in [-0.1, -0.05) is 6.07 Å². The van der Waals surface area contributed by atoms with Gasteiger partial charge in [0, 0.05) is 25.4 Å². The molecular formula is C30H43N5O5. The van der Waals surface area contributed by atoms with Crippen molar-refractivity contribution in [3.05, 3.63) is 29.7 Å². The monoisotopic (exact) mass is 553 g/mol. The summed E-state index contributed by atoms with van der Waals surface area (Å²) in [5.41, 5.74) is 6.90. The van der Waals surface area contributed by atoms with E-state index in [1.54, 1.807) is 18.7 Å². The fourth-order valence-corrected chi connectivity index (χ4v) is 7.98. The first kappa shape index (κ1) is 27.6. The molecule has 7 rings (SSSR count). The summed E-state index contributed by atoms with van der Waals surface area (Å²) >= 11 is 0. The minimum atomic E-state index is -0.963. The second kappa shape index (κ2) is 11.0. The molecule has 4 saturated carbocycles. The van der Waals surface area contributed by atoms with Gasteiger partial charge in [0.2, 0.25) is 0 Å². The van der Waals surface area contributed by atoms with Gasteiger partial charge in [0.15, 0.2) is 11.4 Å². The summed E-state index contributed by atoms with van der Waals surface area (Å²) in [6.07, 6.45) is 7.82. The van der Waals surface area contributed by atoms with E-state index in [0.717, 1.165) is 30.1 Å². The molecule has 4 bridgehead atoms. The Morgan fingerprint density at radius 1 is 1.10 bits per heavy atom. The zero-order valence-corrected chi connectivity index (χ0v) is 23.8. The maximum Gasteiger partial charge on any atom is 0.410 e. The number of Topliss-reactive ketones (excluding diaryl/α,β-unsaturated/α-hetero) is 1. The second-order valence-electron chi connectivity index (χ2n) is 13.4. The van der Waals surface area contributed by atoms with Gasteiger partial charge in [-0.15, -0.1) is 10.2 Å². The van der Waals surface area contributed by atoms with Gasteiger partial charge < -0.3 is 24.8 Å². The number of ether oxygens (including phenoxy) is 3. The molecule has 3 heterocycles. The Kier molecular flexibility index (Phi) is 7.61. The molecular weight excluding hydrogens is 510 g/mol. The Morgan fingerprint density at radius 3 is 2.42 bits per heavy atom. The average molecular weight is 554 g/mol. The first-order valence-electron chi connectivity index (χ1n) is 14.9. The topological polar surface area (TPSA) is 121 Å². The fourth-order valence-electron chi connectivity index (χ4n) is 7.98. The molecule has 5 fully saturated rings. The highest BCUT2D eigenvalue weighted by atomic mass is 16.6. The van der Waals surface area contributed by atoms with Gasteiger partial charge in [-0.2, -0.15) is 0 Å². The van der Waals surface area contributed by atoms with Gasteiger partial charge >= 0.3 is 6.09 Å². The second-order valence-corrected chi connectivity index (χ2v) is 13.4. The minimum absolute atomic E-state index is 0.0520. The lowest BCUT2D eigenvalue weighted by Crippen LogP contribution is -2.48. The van der Waals surface area contributed by atoms with E-state index in [2.05, 4.69) is 10.2 Å². The molecule has 2 aromatic heterocycles. The number of morpholine rings is 1. The molecule has 10 nitrogen and oxygen atoms in total. The largest absolute Gasteiger partial charge is 0.443 e. The quantitative estimate of drug-likeness (QED) is 0.473. The number of rotatable bonds is 10. The summed E-state index contributed by atoms with van der Waals surface area (Å²) in [6.45, 7) is 6.69. The van der Waals surface area contributed by atoms with Crippen LogP contribution < -0.4 is 5.73 Å². The lowest BCUT2D eigenvalue weighted by Gasteiger charge is -2.56. The van der Waals surface area contributed by atoms with Gasteiger partial charge in [0.25, 0.3) is 0 Å². The number of nitrogens with zero attached hydrogens (tertiary/aromatic N) is 4. The van der Waals surface area contributed by atoms with Gasteiger partial charge in [0.05, 0.1) is 37.7 Å². The van der Waals surface area contributed by atoms with Crippen LogP contribution in [0.3, 0.4) is 0 Å². The number of hydrogen-bond donors (Lipinski definition) is 1. The maximum atomic E-state index is 13.1. The summed E-state index contributed by atoms with van der Waals surface area (Å²) in [5.74, 6) is 2.82. The number of aromatic nitrogens is 3. The number of pyridine rings is 1. The number of carbonyl (C=O) groups is 2. The van der Waals surface area contributed by atoms with Crippen LogP contribution in [0.5, 0.6) is 0 Å². The Balaban J connectivity index is 1.20. The number of ketones is 1. The molecule has 2 aromatic rings. The zero-order chi connectivity index (χ0) is 27.9. The Hall–Kier alpha value is -2.56. The molecule has 10 heteroatoms. The standard InChI is InChI=1S/C30H43N5O5/c1-29(2,31)25(36)13-23(17-39-19-30-14-20-10-21(15-30)12-22(11-20)16-30)27-33-32-26-5-3-4-24(35(26)27)18-40-28(37)34-6-8-38-9-7-34/h3-5,20-23H,6-19,31H2,1-2H3/t20?,21?,22?,23-,30?/m1/s1. The van der Waals surface area contributed by atoms with Crippen LogP contribution in [0.25, 0.3) is 5.65 Å². The van der Waals surface area contributed by atoms with Crippen molar-refractivity contribution in [2.75, 3.05) is 39.5 Å². The van der Waals surface area contributed by atoms with Crippen molar-refractivity contribution in [2.24, 2.45) is 28.9 Å². The van der Waals surface area contributed by atoms with E-state index in [4.69, 9.17) is 19.9 Å². The molecule has 218 valence electrons. The molecule has 2 N–H and O–H groups in total. The normalized spacial score (nSPS) is 28.7. The third-order valence-electron chi connectivity index (χ3n) is 9.55. The number of fused-ring (bicyclic) bond motifs is 1. The van der Waals surface area contributed by atoms with Crippen molar-refractivity contribution in [1.82, 2.24) is 19.5 Å². The molecule has 0 radical (unpaired) electrons. The third-order valence-corrected chi connectivity index (χ3v) is 9.55. The number of nitrogens with two attached hydrogens (primary N) is 1. The predicted octanol–water partition coefficient (Wildman–Crippen LogP) is 3.71. The Bertz CT molecular complexity index is 1200. The van der Waals surface area contributed by atoms with Crippen molar-refractivity contribution in [1.29, 1.82) is 0 Å². The molecule has 5 aliphatic rings. The van der Waals surface area contributed by atoms with E-state index in [0.29, 0.717) is 44.4 Å². The van der Waals surface area contributed by atoms with E-state index < -0.39 is 5.54 Å². The molecule has 4 aliphatic carbocycles. The first-order valence-corrected chi connectivity index (χ1v) is 14.9. The molecule has 0 unspecified atom stereocenters. The van der Waals surface area contributed by atoms with Crippen LogP contribution in [-0.4, -0.2) is 76.4 Å². The number of amides is 1. The first-order chi connectivity index (χ1) is 19.2. The minimum Gasteiger partial charge on any atom is -0.443 e. The van der Waals surface area contributed by atoms with Crippen LogP contribution in [-0.2, 0) is 25.6 Å². The van der Waals surface area contributed by atoms with Crippen LogP contribution in [0.1, 0.15) is 76.2 Å². The highest BCUT2D eigenvalue weighted by Crippen LogP contribution is 2.60. The smallest absolute Gasteiger partial charge is 0.410 e. The van der Waals surface area contributed by atoms with Crippen LogP contribution >= 0.6 is 0 Å². The fraction of sp³-hybridized carbons (Fsp3) is 0.733. The highest BCUT2D eigenvalue weighted by molar-refractivity contribution is 5.87. The summed E-state index contributed by atoms with van der Waals surface area (Å²) in [6, 6.07) is 5.64. The zero-order valence-electron chi connectivity index (χ0n) is 23.8. The Morgan fingerprint density at radius 2 is 1.77 bits per heavy atom. The summed E-state index contributed by atoms with van der Waals surface area (Å²) < 4.78 is 19.4. The predicted molar refractivity (Wildman–Crippen MR) is 148 cm³/mol. The molecule has 1 saturated heterocycles. The summed E-state index contributed by atoms with van der Waals surface area (Å²) in [7, 11) is 0. The average Bonchev–Trinajstić information content (AvgIpc) is 3.35.